The highest BCUT2D eigenvalue weighted by Gasteiger charge is 2.18. The molecule has 2 N–H and O–H groups in total. The Hall–Kier alpha value is -3.68. The zero-order chi connectivity index (χ0) is 21.5. The fourth-order valence-electron chi connectivity index (χ4n) is 2.81. The molecule has 0 aliphatic carbocycles. The van der Waals surface area contributed by atoms with Crippen LogP contribution >= 0.6 is 0 Å². The van der Waals surface area contributed by atoms with Crippen LogP contribution < -0.4 is 10.6 Å². The van der Waals surface area contributed by atoms with Crippen LogP contribution in [0.5, 0.6) is 0 Å². The zero-order valence-electron chi connectivity index (χ0n) is 16.9. The number of carbonyl (C=O) groups excluding carboxylic acids is 3. The van der Waals surface area contributed by atoms with E-state index in [0.29, 0.717) is 28.9 Å². The summed E-state index contributed by atoms with van der Waals surface area (Å²) in [6, 6.07) is 12.3. The third kappa shape index (κ3) is 5.22. The molecule has 2 aromatic heterocycles. The number of hydrogen-bond donors (Lipinski definition) is 2. The van der Waals surface area contributed by atoms with Gasteiger partial charge in [0.05, 0.1) is 17.6 Å². The van der Waals surface area contributed by atoms with Crippen molar-refractivity contribution in [3.8, 4) is 11.5 Å². The number of aryl methyl sites for hydroxylation is 1. The molecule has 0 fully saturated rings. The van der Waals surface area contributed by atoms with Gasteiger partial charge in [-0.05, 0) is 37.6 Å². The summed E-state index contributed by atoms with van der Waals surface area (Å²) in [5.74, 6) is -0.263. The summed E-state index contributed by atoms with van der Waals surface area (Å²) in [4.78, 5) is 40.7. The summed E-state index contributed by atoms with van der Waals surface area (Å²) in [5.41, 5.74) is 1.37. The molecule has 3 rings (SSSR count). The summed E-state index contributed by atoms with van der Waals surface area (Å²) in [6.07, 6.45) is 0.802. The standard InChI is InChI=1S/C22H23N3O5/c1-3-10-23-20(26)12-24-21(27)13-29-22(28)16-11-18(19-9-8-14(2)30-19)25-17-7-5-4-6-15(16)17/h4-9,11H,3,10,12-13H2,1-2H3,(H,23,26)(H,24,27). The number of nitrogens with one attached hydrogen (secondary N) is 2. The van der Waals surface area contributed by atoms with Gasteiger partial charge in [-0.3, -0.25) is 9.59 Å². The minimum Gasteiger partial charge on any atom is -0.460 e. The van der Waals surface area contributed by atoms with Crippen molar-refractivity contribution in [3.05, 3.63) is 53.8 Å². The second kappa shape index (κ2) is 9.69. The lowest BCUT2D eigenvalue weighted by molar-refractivity contribution is -0.127. The molecule has 3 aromatic rings. The molecule has 0 saturated carbocycles. The number of benzene rings is 1. The maximum Gasteiger partial charge on any atom is 0.339 e. The number of amides is 2. The highest BCUT2D eigenvalue weighted by atomic mass is 16.5. The molecule has 1 aromatic carbocycles. The smallest absolute Gasteiger partial charge is 0.339 e. The van der Waals surface area contributed by atoms with Gasteiger partial charge in [-0.2, -0.15) is 0 Å². The van der Waals surface area contributed by atoms with E-state index in [1.54, 1.807) is 30.3 Å². The number of fused-ring (bicyclic) bond motifs is 1. The summed E-state index contributed by atoms with van der Waals surface area (Å²) >= 11 is 0. The maximum atomic E-state index is 12.7. The van der Waals surface area contributed by atoms with Gasteiger partial charge in [-0.1, -0.05) is 25.1 Å². The van der Waals surface area contributed by atoms with Crippen molar-refractivity contribution >= 4 is 28.7 Å². The van der Waals surface area contributed by atoms with E-state index in [1.807, 2.05) is 26.0 Å². The van der Waals surface area contributed by atoms with Crippen LogP contribution in [0, 0.1) is 6.92 Å². The van der Waals surface area contributed by atoms with Gasteiger partial charge in [0.2, 0.25) is 5.91 Å². The number of carbonyl (C=O) groups is 3. The lowest BCUT2D eigenvalue weighted by Gasteiger charge is -2.10. The van der Waals surface area contributed by atoms with Crippen LogP contribution in [0.4, 0.5) is 0 Å². The topological polar surface area (TPSA) is 111 Å². The SMILES string of the molecule is CCCNC(=O)CNC(=O)COC(=O)c1cc(-c2ccc(C)o2)nc2ccccc12. The van der Waals surface area contributed by atoms with Crippen LogP contribution in [-0.4, -0.2) is 42.5 Å². The van der Waals surface area contributed by atoms with Crippen LogP contribution in [0.25, 0.3) is 22.4 Å². The Morgan fingerprint density at radius 3 is 2.60 bits per heavy atom. The van der Waals surface area contributed by atoms with Gasteiger partial charge >= 0.3 is 5.97 Å². The number of pyridine rings is 1. The number of aromatic nitrogens is 1. The molecule has 0 saturated heterocycles. The van der Waals surface area contributed by atoms with Crippen LogP contribution in [0.1, 0.15) is 29.5 Å². The average Bonchev–Trinajstić information content (AvgIpc) is 3.20. The number of para-hydroxylation sites is 1. The van der Waals surface area contributed by atoms with Gasteiger partial charge in [0.1, 0.15) is 11.5 Å². The summed E-state index contributed by atoms with van der Waals surface area (Å²) < 4.78 is 10.8. The molecule has 2 amide bonds. The van der Waals surface area contributed by atoms with Crippen LogP contribution in [0.2, 0.25) is 0 Å². The largest absolute Gasteiger partial charge is 0.460 e. The van der Waals surface area contributed by atoms with Crippen molar-refractivity contribution in [3.63, 3.8) is 0 Å². The number of nitrogens with zero attached hydrogens (tertiary/aromatic N) is 1. The Balaban J connectivity index is 1.71. The van der Waals surface area contributed by atoms with Gasteiger partial charge in [-0.25, -0.2) is 9.78 Å². The lowest BCUT2D eigenvalue weighted by Crippen LogP contribution is -2.38. The Morgan fingerprint density at radius 2 is 1.87 bits per heavy atom. The molecule has 0 unspecified atom stereocenters. The summed E-state index contributed by atoms with van der Waals surface area (Å²) in [5, 5.41) is 5.67. The first-order valence-corrected chi connectivity index (χ1v) is 9.65. The Labute approximate surface area is 173 Å². The molecular weight excluding hydrogens is 386 g/mol. The molecule has 0 aliphatic rings. The minimum absolute atomic E-state index is 0.170. The van der Waals surface area contributed by atoms with Crippen molar-refractivity contribution in [1.82, 2.24) is 15.6 Å². The van der Waals surface area contributed by atoms with Crippen LogP contribution in [-0.2, 0) is 14.3 Å². The molecule has 2 heterocycles. The van der Waals surface area contributed by atoms with Crippen molar-refractivity contribution in [1.29, 1.82) is 0 Å². The first-order chi connectivity index (χ1) is 14.5. The van der Waals surface area contributed by atoms with E-state index in [-0.39, 0.29) is 18.0 Å². The van der Waals surface area contributed by atoms with E-state index in [0.717, 1.165) is 12.2 Å². The lowest BCUT2D eigenvalue weighted by atomic mass is 10.1. The van der Waals surface area contributed by atoms with Gasteiger partial charge in [0, 0.05) is 11.9 Å². The first kappa shape index (κ1) is 21.0. The van der Waals surface area contributed by atoms with E-state index >= 15 is 0 Å². The van der Waals surface area contributed by atoms with E-state index in [9.17, 15) is 14.4 Å². The quantitative estimate of drug-likeness (QED) is 0.554. The molecule has 0 atom stereocenters. The third-order valence-corrected chi connectivity index (χ3v) is 4.28. The Bertz CT molecular complexity index is 1070. The van der Waals surface area contributed by atoms with Crippen molar-refractivity contribution in [2.45, 2.75) is 20.3 Å². The molecular formula is C22H23N3O5. The van der Waals surface area contributed by atoms with Gasteiger partial charge in [0.25, 0.3) is 5.91 Å². The predicted octanol–water partition coefficient (Wildman–Crippen LogP) is 2.60. The number of esters is 1. The second-order valence-electron chi connectivity index (χ2n) is 6.69. The van der Waals surface area contributed by atoms with Crippen LogP contribution in [0.15, 0.2) is 46.9 Å². The second-order valence-corrected chi connectivity index (χ2v) is 6.69. The van der Waals surface area contributed by atoms with Gasteiger partial charge in [-0.15, -0.1) is 0 Å². The maximum absolute atomic E-state index is 12.7. The Kier molecular flexibility index (Phi) is 6.79. The molecule has 30 heavy (non-hydrogen) atoms. The average molecular weight is 409 g/mol. The first-order valence-electron chi connectivity index (χ1n) is 9.65. The number of ether oxygens (including phenoxy) is 1. The van der Waals surface area contributed by atoms with Gasteiger partial charge in [0.15, 0.2) is 12.4 Å². The number of hydrogen-bond acceptors (Lipinski definition) is 6. The van der Waals surface area contributed by atoms with Crippen molar-refractivity contribution in [2.75, 3.05) is 19.7 Å². The fraction of sp³-hybridized carbons (Fsp3) is 0.273. The highest BCUT2D eigenvalue weighted by Crippen LogP contribution is 2.26. The summed E-state index contributed by atoms with van der Waals surface area (Å²) in [6.45, 7) is 3.62. The minimum atomic E-state index is -0.663. The highest BCUT2D eigenvalue weighted by molar-refractivity contribution is 6.05. The normalized spacial score (nSPS) is 10.6. The molecule has 0 radical (unpaired) electrons. The zero-order valence-corrected chi connectivity index (χ0v) is 16.9. The predicted molar refractivity (Wildman–Crippen MR) is 111 cm³/mol. The molecule has 156 valence electrons. The van der Waals surface area contributed by atoms with Crippen LogP contribution in [0.3, 0.4) is 0 Å². The third-order valence-electron chi connectivity index (χ3n) is 4.28. The van der Waals surface area contributed by atoms with E-state index in [1.165, 1.54) is 0 Å². The monoisotopic (exact) mass is 409 g/mol. The van der Waals surface area contributed by atoms with E-state index in [4.69, 9.17) is 9.15 Å². The summed E-state index contributed by atoms with van der Waals surface area (Å²) in [7, 11) is 0. The molecule has 0 bridgehead atoms. The van der Waals surface area contributed by atoms with E-state index in [2.05, 4.69) is 15.6 Å². The molecule has 0 aliphatic heterocycles. The number of furan rings is 1. The number of rotatable bonds is 8. The van der Waals surface area contributed by atoms with E-state index < -0.39 is 18.5 Å². The molecule has 8 nitrogen and oxygen atoms in total. The fourth-order valence-corrected chi connectivity index (χ4v) is 2.81. The van der Waals surface area contributed by atoms with Gasteiger partial charge < -0.3 is 19.8 Å². The Morgan fingerprint density at radius 1 is 1.07 bits per heavy atom. The van der Waals surface area contributed by atoms with Crippen molar-refractivity contribution < 1.29 is 23.5 Å². The molecule has 0 spiro atoms. The van der Waals surface area contributed by atoms with Crippen molar-refractivity contribution in [2.24, 2.45) is 0 Å². The molecule has 8 heteroatoms.